The first-order valence-electron chi connectivity index (χ1n) is 4.99. The molecule has 0 saturated carbocycles. The molecule has 0 aromatic carbocycles. The number of nitrogens with zero attached hydrogens (tertiary/aromatic N) is 1. The molecule has 0 rings (SSSR count). The Balaban J connectivity index is 3.27. The molecular weight excluding hydrogens is 246 g/mol. The molecule has 0 amide bonds. The zero-order valence-electron chi connectivity index (χ0n) is 9.05. The highest BCUT2D eigenvalue weighted by Crippen LogP contribution is 2.16. The minimum Gasteiger partial charge on any atom is -0.309 e. The summed E-state index contributed by atoms with van der Waals surface area (Å²) in [6.45, 7) is 3.46. The van der Waals surface area contributed by atoms with Crippen LogP contribution in [0.5, 0.6) is 0 Å². The summed E-state index contributed by atoms with van der Waals surface area (Å²) in [5.74, 6) is 3.45. The quantitative estimate of drug-likeness (QED) is 0.491. The third kappa shape index (κ3) is 9.10. The van der Waals surface area contributed by atoms with Gasteiger partial charge in [-0.05, 0) is 32.2 Å². The van der Waals surface area contributed by atoms with Gasteiger partial charge in [-0.15, -0.1) is 0 Å². The molecule has 13 heavy (non-hydrogen) atoms. The Morgan fingerprint density at radius 3 is 2.54 bits per heavy atom. The smallest absolute Gasteiger partial charge is 0.00675 e. The van der Waals surface area contributed by atoms with Gasteiger partial charge in [0.2, 0.25) is 0 Å². The van der Waals surface area contributed by atoms with E-state index in [1.54, 1.807) is 0 Å². The maximum atomic E-state index is 3.57. The fraction of sp³-hybridized carbons (Fsp3) is 1.00. The van der Waals surface area contributed by atoms with Crippen LogP contribution >= 0.6 is 27.7 Å². The Morgan fingerprint density at radius 1 is 1.38 bits per heavy atom. The van der Waals surface area contributed by atoms with Gasteiger partial charge in [-0.3, -0.25) is 0 Å². The lowest BCUT2D eigenvalue weighted by Gasteiger charge is -2.13. The Bertz CT molecular complexity index is 109. The molecule has 80 valence electrons. The van der Waals surface area contributed by atoms with Crippen LogP contribution in [0.2, 0.25) is 0 Å². The minimum absolute atomic E-state index is 0.872. The topological polar surface area (TPSA) is 3.24 Å². The monoisotopic (exact) mass is 267 g/mol. The summed E-state index contributed by atoms with van der Waals surface area (Å²) in [6, 6.07) is 0. The molecule has 0 radical (unpaired) electrons. The Labute approximate surface area is 95.8 Å². The van der Waals surface area contributed by atoms with Crippen LogP contribution in [0.15, 0.2) is 0 Å². The van der Waals surface area contributed by atoms with Crippen molar-refractivity contribution in [1.82, 2.24) is 4.90 Å². The molecule has 0 aromatic rings. The van der Waals surface area contributed by atoms with Crippen molar-refractivity contribution in [3.63, 3.8) is 0 Å². The average molecular weight is 268 g/mol. The first-order valence-corrected chi connectivity index (χ1v) is 7.26. The van der Waals surface area contributed by atoms with Gasteiger partial charge in [0.25, 0.3) is 0 Å². The van der Waals surface area contributed by atoms with Gasteiger partial charge < -0.3 is 4.90 Å². The molecule has 0 spiro atoms. The van der Waals surface area contributed by atoms with E-state index in [1.807, 2.05) is 0 Å². The second-order valence-corrected chi connectivity index (χ2v) is 5.48. The van der Waals surface area contributed by atoms with Crippen LogP contribution in [-0.4, -0.2) is 42.4 Å². The maximum Gasteiger partial charge on any atom is 0.00675 e. The maximum absolute atomic E-state index is 3.57. The van der Waals surface area contributed by atoms with Gasteiger partial charge in [-0.25, -0.2) is 0 Å². The largest absolute Gasteiger partial charge is 0.309 e. The Hall–Kier alpha value is 0.790. The number of halogens is 1. The van der Waals surface area contributed by atoms with Gasteiger partial charge in [0.1, 0.15) is 0 Å². The summed E-state index contributed by atoms with van der Waals surface area (Å²) < 4.78 is 0. The average Bonchev–Trinajstić information content (AvgIpc) is 2.10. The summed E-state index contributed by atoms with van der Waals surface area (Å²) in [6.07, 6.45) is 2.67. The van der Waals surface area contributed by atoms with Crippen LogP contribution in [0, 0.1) is 5.92 Å². The van der Waals surface area contributed by atoms with Crippen molar-refractivity contribution in [2.45, 2.75) is 19.8 Å². The normalized spacial score (nSPS) is 13.6. The van der Waals surface area contributed by atoms with E-state index in [4.69, 9.17) is 0 Å². The molecular formula is C10H22BrNS. The van der Waals surface area contributed by atoms with Crippen LogP contribution in [-0.2, 0) is 0 Å². The summed E-state index contributed by atoms with van der Waals surface area (Å²) >= 11 is 5.66. The van der Waals surface area contributed by atoms with Gasteiger partial charge in [0.15, 0.2) is 0 Å². The lowest BCUT2D eigenvalue weighted by Crippen LogP contribution is -2.16. The van der Waals surface area contributed by atoms with Gasteiger partial charge in [0.05, 0.1) is 0 Å². The molecule has 1 unspecified atom stereocenters. The fourth-order valence-corrected chi connectivity index (χ4v) is 3.24. The van der Waals surface area contributed by atoms with Crippen LogP contribution < -0.4 is 0 Å². The summed E-state index contributed by atoms with van der Waals surface area (Å²) in [5, 5.41) is 1.16. The molecule has 0 N–H and O–H groups in total. The highest BCUT2D eigenvalue weighted by molar-refractivity contribution is 9.09. The minimum atomic E-state index is 0.872. The van der Waals surface area contributed by atoms with Crippen molar-refractivity contribution in [1.29, 1.82) is 0 Å². The number of hydrogen-bond acceptors (Lipinski definition) is 2. The van der Waals surface area contributed by atoms with Crippen molar-refractivity contribution in [2.24, 2.45) is 5.92 Å². The highest BCUT2D eigenvalue weighted by Gasteiger charge is 2.05. The van der Waals surface area contributed by atoms with E-state index in [0.29, 0.717) is 0 Å². The van der Waals surface area contributed by atoms with Crippen molar-refractivity contribution in [2.75, 3.05) is 37.5 Å². The van der Waals surface area contributed by atoms with E-state index in [2.05, 4.69) is 53.6 Å². The van der Waals surface area contributed by atoms with E-state index >= 15 is 0 Å². The van der Waals surface area contributed by atoms with E-state index in [0.717, 1.165) is 11.2 Å². The van der Waals surface area contributed by atoms with Gasteiger partial charge in [0, 0.05) is 17.6 Å². The Kier molecular flexibility index (Phi) is 9.92. The lowest BCUT2D eigenvalue weighted by atomic mass is 10.1. The highest BCUT2D eigenvalue weighted by atomic mass is 79.9. The van der Waals surface area contributed by atoms with E-state index in [1.165, 1.54) is 30.9 Å². The summed E-state index contributed by atoms with van der Waals surface area (Å²) in [7, 11) is 4.27. The standard InChI is InChI=1S/C10H22BrNS/c1-4-5-10(8-11)9-13-7-6-12(2)3/h10H,4-9H2,1-3H3. The summed E-state index contributed by atoms with van der Waals surface area (Å²) in [5.41, 5.74) is 0. The molecule has 1 atom stereocenters. The molecule has 1 nitrogen and oxygen atoms in total. The molecule has 0 heterocycles. The predicted octanol–water partition coefficient (Wildman–Crippen LogP) is 3.09. The van der Waals surface area contributed by atoms with Crippen molar-refractivity contribution >= 4 is 27.7 Å². The molecule has 0 aliphatic rings. The first-order chi connectivity index (χ1) is 6.20. The van der Waals surface area contributed by atoms with Gasteiger partial charge >= 0.3 is 0 Å². The van der Waals surface area contributed by atoms with Crippen molar-refractivity contribution in [3.05, 3.63) is 0 Å². The zero-order valence-corrected chi connectivity index (χ0v) is 11.5. The van der Waals surface area contributed by atoms with Crippen LogP contribution in [0.25, 0.3) is 0 Å². The van der Waals surface area contributed by atoms with E-state index < -0.39 is 0 Å². The molecule has 0 aliphatic heterocycles. The second-order valence-electron chi connectivity index (χ2n) is 3.69. The first kappa shape index (κ1) is 13.8. The third-order valence-corrected chi connectivity index (χ3v) is 4.05. The van der Waals surface area contributed by atoms with E-state index in [-0.39, 0.29) is 0 Å². The number of rotatable bonds is 8. The lowest BCUT2D eigenvalue weighted by molar-refractivity contribution is 0.437. The van der Waals surface area contributed by atoms with Gasteiger partial charge in [-0.1, -0.05) is 29.3 Å². The number of hydrogen-bond donors (Lipinski definition) is 0. The molecule has 0 fully saturated rings. The van der Waals surface area contributed by atoms with E-state index in [9.17, 15) is 0 Å². The molecule has 0 aliphatic carbocycles. The molecule has 0 bridgehead atoms. The number of thioether (sulfide) groups is 1. The predicted molar refractivity (Wildman–Crippen MR) is 68.1 cm³/mol. The van der Waals surface area contributed by atoms with Crippen LogP contribution in [0.1, 0.15) is 19.8 Å². The molecule has 3 heteroatoms. The third-order valence-electron chi connectivity index (χ3n) is 1.95. The SMILES string of the molecule is CCCC(CBr)CSCCN(C)C. The van der Waals surface area contributed by atoms with Crippen LogP contribution in [0.3, 0.4) is 0 Å². The molecule has 0 saturated heterocycles. The van der Waals surface area contributed by atoms with Gasteiger partial charge in [-0.2, -0.15) is 11.8 Å². The van der Waals surface area contributed by atoms with Crippen LogP contribution in [0.4, 0.5) is 0 Å². The summed E-state index contributed by atoms with van der Waals surface area (Å²) in [4.78, 5) is 2.25. The fourth-order valence-electron chi connectivity index (χ4n) is 1.11. The Morgan fingerprint density at radius 2 is 2.08 bits per heavy atom. The van der Waals surface area contributed by atoms with Crippen molar-refractivity contribution < 1.29 is 0 Å². The second kappa shape index (κ2) is 9.35. The van der Waals surface area contributed by atoms with Crippen molar-refractivity contribution in [3.8, 4) is 0 Å². The molecule has 0 aromatic heterocycles. The number of alkyl halides is 1. The zero-order chi connectivity index (χ0) is 10.1.